The van der Waals surface area contributed by atoms with Gasteiger partial charge in [-0.3, -0.25) is 0 Å². The topological polar surface area (TPSA) is 15.8 Å². The SMILES string of the molecule is C=C(CCC(CC)(CCC)CCC)c1c[nH]c2cc(C)cc(C)c12. The minimum absolute atomic E-state index is 0.504. The zero-order chi connectivity index (χ0) is 17.7. The van der Waals surface area contributed by atoms with Crippen LogP contribution in [0.1, 0.15) is 82.4 Å². The summed E-state index contributed by atoms with van der Waals surface area (Å²) >= 11 is 0. The number of aryl methyl sites for hydroxylation is 2. The third-order valence-electron chi connectivity index (χ3n) is 5.77. The zero-order valence-electron chi connectivity index (χ0n) is 16.4. The molecule has 132 valence electrons. The van der Waals surface area contributed by atoms with E-state index in [2.05, 4.69) is 64.5 Å². The van der Waals surface area contributed by atoms with Gasteiger partial charge in [-0.15, -0.1) is 0 Å². The largest absolute Gasteiger partial charge is 0.361 e. The first kappa shape index (κ1) is 18.8. The fourth-order valence-electron chi connectivity index (χ4n) is 4.46. The highest BCUT2D eigenvalue weighted by Crippen LogP contribution is 2.41. The summed E-state index contributed by atoms with van der Waals surface area (Å²) in [6, 6.07) is 4.51. The van der Waals surface area contributed by atoms with Gasteiger partial charge in [-0.2, -0.15) is 0 Å². The monoisotopic (exact) mass is 325 g/mol. The first-order chi connectivity index (χ1) is 11.5. The Kier molecular flexibility index (Phi) is 6.32. The van der Waals surface area contributed by atoms with Gasteiger partial charge in [0.05, 0.1) is 0 Å². The standard InChI is InChI=1S/C23H35N/c1-7-11-23(9-3,12-8-2)13-10-18(5)20-16-24-21-15-17(4)14-19(6)22(20)21/h14-16,24H,5,7-13H2,1-4,6H3. The summed E-state index contributed by atoms with van der Waals surface area (Å²) in [4.78, 5) is 3.45. The van der Waals surface area contributed by atoms with Crippen LogP contribution < -0.4 is 0 Å². The molecule has 0 saturated carbocycles. The van der Waals surface area contributed by atoms with Gasteiger partial charge in [0.2, 0.25) is 0 Å². The molecule has 0 aliphatic rings. The fraction of sp³-hybridized carbons (Fsp3) is 0.565. The maximum Gasteiger partial charge on any atom is 0.0465 e. The molecule has 1 aromatic heterocycles. The van der Waals surface area contributed by atoms with Crippen molar-refractivity contribution in [1.82, 2.24) is 4.98 Å². The highest BCUT2D eigenvalue weighted by Gasteiger charge is 2.26. The second kappa shape index (κ2) is 8.05. The fourth-order valence-corrected chi connectivity index (χ4v) is 4.46. The summed E-state index contributed by atoms with van der Waals surface area (Å²) in [6.07, 6.45) is 11.1. The van der Waals surface area contributed by atoms with Crippen molar-refractivity contribution in [3.63, 3.8) is 0 Å². The van der Waals surface area contributed by atoms with Gasteiger partial charge < -0.3 is 4.98 Å². The minimum atomic E-state index is 0.504. The summed E-state index contributed by atoms with van der Waals surface area (Å²) in [5.74, 6) is 0. The lowest BCUT2D eigenvalue weighted by molar-refractivity contribution is 0.207. The molecule has 2 aromatic rings. The zero-order valence-corrected chi connectivity index (χ0v) is 16.4. The van der Waals surface area contributed by atoms with Gasteiger partial charge >= 0.3 is 0 Å². The van der Waals surface area contributed by atoms with E-state index in [1.165, 1.54) is 71.7 Å². The van der Waals surface area contributed by atoms with Gasteiger partial charge in [-0.05, 0) is 67.7 Å². The van der Waals surface area contributed by atoms with Crippen molar-refractivity contribution >= 4 is 16.5 Å². The molecule has 0 aliphatic carbocycles. The molecule has 0 saturated heterocycles. The molecule has 0 bridgehead atoms. The molecule has 1 nitrogen and oxygen atoms in total. The second-order valence-corrected chi connectivity index (χ2v) is 7.66. The van der Waals surface area contributed by atoms with Crippen LogP contribution in [-0.2, 0) is 0 Å². The summed E-state index contributed by atoms with van der Waals surface area (Å²) in [5.41, 5.74) is 7.02. The normalized spacial score (nSPS) is 12.0. The number of allylic oxidation sites excluding steroid dienone is 1. The van der Waals surface area contributed by atoms with E-state index in [9.17, 15) is 0 Å². The Labute approximate surface area is 148 Å². The predicted molar refractivity (Wildman–Crippen MR) is 109 cm³/mol. The van der Waals surface area contributed by atoms with Crippen molar-refractivity contribution in [2.75, 3.05) is 0 Å². The first-order valence-corrected chi connectivity index (χ1v) is 9.72. The third-order valence-corrected chi connectivity index (χ3v) is 5.77. The lowest BCUT2D eigenvalue weighted by atomic mass is 9.72. The van der Waals surface area contributed by atoms with Crippen LogP contribution in [0, 0.1) is 19.3 Å². The molecule has 1 heteroatoms. The lowest BCUT2D eigenvalue weighted by Crippen LogP contribution is -2.19. The van der Waals surface area contributed by atoms with E-state index in [0.29, 0.717) is 5.41 Å². The molecule has 0 amide bonds. The van der Waals surface area contributed by atoms with E-state index >= 15 is 0 Å². The smallest absolute Gasteiger partial charge is 0.0465 e. The predicted octanol–water partition coefficient (Wildman–Crippen LogP) is 7.57. The van der Waals surface area contributed by atoms with Crippen LogP contribution in [0.4, 0.5) is 0 Å². The van der Waals surface area contributed by atoms with Gasteiger partial charge in [-0.1, -0.05) is 52.7 Å². The lowest BCUT2D eigenvalue weighted by Gasteiger charge is -2.33. The Bertz CT molecular complexity index is 683. The first-order valence-electron chi connectivity index (χ1n) is 9.72. The van der Waals surface area contributed by atoms with Gasteiger partial charge in [0.1, 0.15) is 0 Å². The number of benzene rings is 1. The molecular formula is C23H35N. The van der Waals surface area contributed by atoms with Crippen LogP contribution in [0.25, 0.3) is 16.5 Å². The van der Waals surface area contributed by atoms with E-state index in [0.717, 1.165) is 6.42 Å². The highest BCUT2D eigenvalue weighted by atomic mass is 14.7. The molecule has 0 spiro atoms. The molecule has 24 heavy (non-hydrogen) atoms. The molecule has 0 unspecified atom stereocenters. The molecule has 1 aromatic carbocycles. The van der Waals surface area contributed by atoms with Crippen LogP contribution in [0.3, 0.4) is 0 Å². The van der Waals surface area contributed by atoms with Crippen LogP contribution in [0.5, 0.6) is 0 Å². The molecule has 1 heterocycles. The molecule has 0 radical (unpaired) electrons. The van der Waals surface area contributed by atoms with Crippen LogP contribution >= 0.6 is 0 Å². The van der Waals surface area contributed by atoms with Crippen molar-refractivity contribution in [3.8, 4) is 0 Å². The quantitative estimate of drug-likeness (QED) is 0.489. The van der Waals surface area contributed by atoms with Crippen molar-refractivity contribution in [2.24, 2.45) is 5.41 Å². The maximum atomic E-state index is 4.45. The van der Waals surface area contributed by atoms with Crippen molar-refractivity contribution in [2.45, 2.75) is 79.6 Å². The maximum absolute atomic E-state index is 4.45. The van der Waals surface area contributed by atoms with Crippen molar-refractivity contribution in [1.29, 1.82) is 0 Å². The van der Waals surface area contributed by atoms with Gasteiger partial charge in [0.25, 0.3) is 0 Å². The number of hydrogen-bond acceptors (Lipinski definition) is 0. The summed E-state index contributed by atoms with van der Waals surface area (Å²) in [6.45, 7) is 15.8. The Morgan fingerprint density at radius 1 is 1.04 bits per heavy atom. The van der Waals surface area contributed by atoms with Gasteiger partial charge in [0.15, 0.2) is 0 Å². The average Bonchev–Trinajstić information content (AvgIpc) is 2.97. The van der Waals surface area contributed by atoms with E-state index in [1.54, 1.807) is 0 Å². The molecule has 0 fully saturated rings. The van der Waals surface area contributed by atoms with Crippen LogP contribution in [0.15, 0.2) is 24.9 Å². The Balaban J connectivity index is 2.20. The minimum Gasteiger partial charge on any atom is -0.361 e. The van der Waals surface area contributed by atoms with Crippen molar-refractivity contribution in [3.05, 3.63) is 41.6 Å². The third kappa shape index (κ3) is 3.94. The summed E-state index contributed by atoms with van der Waals surface area (Å²) in [5, 5.41) is 1.36. The number of H-pyrrole nitrogens is 1. The van der Waals surface area contributed by atoms with E-state index in [4.69, 9.17) is 0 Å². The summed E-state index contributed by atoms with van der Waals surface area (Å²) < 4.78 is 0. The van der Waals surface area contributed by atoms with Crippen LogP contribution in [-0.4, -0.2) is 4.98 Å². The van der Waals surface area contributed by atoms with E-state index in [1.807, 2.05) is 0 Å². The van der Waals surface area contributed by atoms with Crippen LogP contribution in [0.2, 0.25) is 0 Å². The molecule has 1 N–H and O–H groups in total. The Hall–Kier alpha value is -1.50. The number of hydrogen-bond donors (Lipinski definition) is 1. The second-order valence-electron chi connectivity index (χ2n) is 7.66. The average molecular weight is 326 g/mol. The number of rotatable bonds is 9. The Morgan fingerprint density at radius 3 is 2.29 bits per heavy atom. The molecule has 0 aliphatic heterocycles. The highest BCUT2D eigenvalue weighted by molar-refractivity contribution is 5.94. The molecule has 0 atom stereocenters. The van der Waals surface area contributed by atoms with Gasteiger partial charge in [-0.25, -0.2) is 0 Å². The summed E-state index contributed by atoms with van der Waals surface area (Å²) in [7, 11) is 0. The number of aromatic amines is 1. The molecular weight excluding hydrogens is 290 g/mol. The van der Waals surface area contributed by atoms with Crippen molar-refractivity contribution < 1.29 is 0 Å². The Morgan fingerprint density at radius 2 is 1.71 bits per heavy atom. The number of aromatic nitrogens is 1. The van der Waals surface area contributed by atoms with E-state index < -0.39 is 0 Å². The van der Waals surface area contributed by atoms with Gasteiger partial charge in [0, 0.05) is 22.7 Å². The number of nitrogens with one attached hydrogen (secondary N) is 1. The molecule has 2 rings (SSSR count). The van der Waals surface area contributed by atoms with E-state index in [-0.39, 0.29) is 0 Å². The number of fused-ring (bicyclic) bond motifs is 1.